The molecule has 0 aliphatic carbocycles. The monoisotopic (exact) mass is 174 g/mol. The zero-order valence-corrected chi connectivity index (χ0v) is 8.80. The molecule has 0 N–H and O–H groups in total. The van der Waals surface area contributed by atoms with Crippen molar-refractivity contribution in [3.8, 4) is 0 Å². The number of rotatable bonds is 3. The number of benzene rings is 1. The van der Waals surface area contributed by atoms with Crippen LogP contribution >= 0.6 is 0 Å². The lowest BCUT2D eigenvalue weighted by atomic mass is 10.0. The van der Waals surface area contributed by atoms with Gasteiger partial charge in [-0.05, 0) is 36.5 Å². The molecule has 0 spiro atoms. The molecule has 0 saturated carbocycles. The lowest BCUT2D eigenvalue weighted by molar-refractivity contribution is 1.14. The third-order valence-electron chi connectivity index (χ3n) is 2.33. The van der Waals surface area contributed by atoms with Crippen molar-refractivity contribution in [2.24, 2.45) is 0 Å². The van der Waals surface area contributed by atoms with E-state index >= 15 is 0 Å². The highest BCUT2D eigenvalue weighted by atomic mass is 14.0. The molecule has 0 bridgehead atoms. The van der Waals surface area contributed by atoms with Crippen molar-refractivity contribution >= 4 is 5.57 Å². The van der Waals surface area contributed by atoms with Gasteiger partial charge in [0.25, 0.3) is 0 Å². The van der Waals surface area contributed by atoms with Gasteiger partial charge in [0.15, 0.2) is 0 Å². The van der Waals surface area contributed by atoms with Gasteiger partial charge in [0.2, 0.25) is 0 Å². The van der Waals surface area contributed by atoms with Gasteiger partial charge in [-0.25, -0.2) is 0 Å². The Morgan fingerprint density at radius 2 is 1.77 bits per heavy atom. The first kappa shape index (κ1) is 10.0. The maximum Gasteiger partial charge on any atom is -0.0230 e. The summed E-state index contributed by atoms with van der Waals surface area (Å²) in [5.41, 5.74) is 4.14. The maximum absolute atomic E-state index is 2.26. The number of allylic oxidation sites excluding steroid dienone is 2. The Morgan fingerprint density at radius 3 is 2.23 bits per heavy atom. The summed E-state index contributed by atoms with van der Waals surface area (Å²) in [6, 6.07) is 8.84. The van der Waals surface area contributed by atoms with Crippen LogP contribution in [0.2, 0.25) is 0 Å². The Morgan fingerprint density at radius 1 is 1.15 bits per heavy atom. The molecule has 13 heavy (non-hydrogen) atoms. The first-order chi connectivity index (χ1) is 6.27. The van der Waals surface area contributed by atoms with Gasteiger partial charge < -0.3 is 0 Å². The van der Waals surface area contributed by atoms with Crippen LogP contribution in [0, 0.1) is 0 Å². The smallest absolute Gasteiger partial charge is 0.0230 e. The van der Waals surface area contributed by atoms with Crippen molar-refractivity contribution < 1.29 is 0 Å². The minimum absolute atomic E-state index is 1.11. The highest BCUT2D eigenvalue weighted by molar-refractivity contribution is 5.63. The van der Waals surface area contributed by atoms with Crippen LogP contribution in [-0.2, 0) is 6.42 Å². The highest BCUT2D eigenvalue weighted by Crippen LogP contribution is 2.15. The largest absolute Gasteiger partial charge is 0.0813 e. The predicted octanol–water partition coefficient (Wildman–Crippen LogP) is 4.06. The summed E-state index contributed by atoms with van der Waals surface area (Å²) in [4.78, 5) is 0. The second kappa shape index (κ2) is 4.86. The molecule has 0 aliphatic rings. The van der Waals surface area contributed by atoms with Crippen LogP contribution in [0.3, 0.4) is 0 Å². The molecule has 1 aromatic rings. The molecule has 0 unspecified atom stereocenters. The molecule has 0 aliphatic heterocycles. The third kappa shape index (κ3) is 2.73. The number of hydrogen-bond donors (Lipinski definition) is 0. The second-order valence-electron chi connectivity index (χ2n) is 3.35. The fourth-order valence-electron chi connectivity index (χ4n) is 1.43. The van der Waals surface area contributed by atoms with Crippen molar-refractivity contribution in [3.63, 3.8) is 0 Å². The van der Waals surface area contributed by atoms with Gasteiger partial charge in [-0.1, -0.05) is 44.2 Å². The molecular formula is C13H18. The first-order valence-corrected chi connectivity index (χ1v) is 5.04. The van der Waals surface area contributed by atoms with E-state index in [-0.39, 0.29) is 0 Å². The zero-order chi connectivity index (χ0) is 9.68. The van der Waals surface area contributed by atoms with E-state index in [9.17, 15) is 0 Å². The minimum atomic E-state index is 1.11. The molecule has 0 nitrogen and oxygen atoms in total. The van der Waals surface area contributed by atoms with Crippen molar-refractivity contribution in [1.29, 1.82) is 0 Å². The second-order valence-corrected chi connectivity index (χ2v) is 3.35. The van der Waals surface area contributed by atoms with E-state index in [1.54, 1.807) is 0 Å². The molecule has 0 radical (unpaired) electrons. The van der Waals surface area contributed by atoms with E-state index in [0.29, 0.717) is 0 Å². The van der Waals surface area contributed by atoms with Crippen LogP contribution in [0.5, 0.6) is 0 Å². The normalized spacial score (nSPS) is 11.8. The summed E-state index contributed by atoms with van der Waals surface area (Å²) in [5.74, 6) is 0. The Hall–Kier alpha value is -1.04. The Bertz CT molecular complexity index is 277. The molecular weight excluding hydrogens is 156 g/mol. The van der Waals surface area contributed by atoms with Crippen LogP contribution in [0.25, 0.3) is 5.57 Å². The lowest BCUT2D eigenvalue weighted by Gasteiger charge is -2.02. The van der Waals surface area contributed by atoms with Gasteiger partial charge in [0, 0.05) is 0 Å². The Balaban J connectivity index is 2.85. The molecule has 0 heterocycles. The molecule has 1 aromatic carbocycles. The van der Waals surface area contributed by atoms with E-state index in [4.69, 9.17) is 0 Å². The molecule has 0 atom stereocenters. The van der Waals surface area contributed by atoms with E-state index in [0.717, 1.165) is 12.8 Å². The quantitative estimate of drug-likeness (QED) is 0.648. The SMILES string of the molecule is CCC=C(C)c1ccc(CC)cc1. The Kier molecular flexibility index (Phi) is 3.75. The first-order valence-electron chi connectivity index (χ1n) is 5.04. The molecule has 0 amide bonds. The van der Waals surface area contributed by atoms with E-state index in [1.165, 1.54) is 16.7 Å². The fourth-order valence-corrected chi connectivity index (χ4v) is 1.43. The van der Waals surface area contributed by atoms with Crippen LogP contribution in [0.4, 0.5) is 0 Å². The van der Waals surface area contributed by atoms with Crippen LogP contribution in [-0.4, -0.2) is 0 Å². The standard InChI is InChI=1S/C13H18/c1-4-6-11(3)13-9-7-12(5-2)8-10-13/h6-10H,4-5H2,1-3H3. The van der Waals surface area contributed by atoms with Gasteiger partial charge >= 0.3 is 0 Å². The lowest BCUT2D eigenvalue weighted by Crippen LogP contribution is -1.82. The number of aryl methyl sites for hydroxylation is 1. The van der Waals surface area contributed by atoms with Crippen molar-refractivity contribution in [2.45, 2.75) is 33.6 Å². The van der Waals surface area contributed by atoms with Crippen LogP contribution in [0.15, 0.2) is 30.3 Å². The Labute approximate surface area is 81.3 Å². The summed E-state index contributed by atoms with van der Waals surface area (Å²) in [6.07, 6.45) is 4.50. The average Bonchev–Trinajstić information content (AvgIpc) is 2.18. The third-order valence-corrected chi connectivity index (χ3v) is 2.33. The molecule has 1 rings (SSSR count). The minimum Gasteiger partial charge on any atom is -0.0813 e. The predicted molar refractivity (Wildman–Crippen MR) is 59.8 cm³/mol. The highest BCUT2D eigenvalue weighted by Gasteiger charge is 1.94. The molecule has 0 fully saturated rings. The summed E-state index contributed by atoms with van der Waals surface area (Å²) < 4.78 is 0. The van der Waals surface area contributed by atoms with Gasteiger partial charge in [-0.2, -0.15) is 0 Å². The van der Waals surface area contributed by atoms with Crippen molar-refractivity contribution in [3.05, 3.63) is 41.5 Å². The van der Waals surface area contributed by atoms with Crippen molar-refractivity contribution in [2.75, 3.05) is 0 Å². The van der Waals surface area contributed by atoms with Gasteiger partial charge in [-0.3, -0.25) is 0 Å². The topological polar surface area (TPSA) is 0 Å². The summed E-state index contributed by atoms with van der Waals surface area (Å²) in [6.45, 7) is 6.53. The van der Waals surface area contributed by atoms with Crippen LogP contribution in [0.1, 0.15) is 38.3 Å². The number of hydrogen-bond acceptors (Lipinski definition) is 0. The summed E-state index contributed by atoms with van der Waals surface area (Å²) in [7, 11) is 0. The molecule has 0 aromatic heterocycles. The average molecular weight is 174 g/mol. The van der Waals surface area contributed by atoms with Gasteiger partial charge in [0.1, 0.15) is 0 Å². The molecule has 70 valence electrons. The van der Waals surface area contributed by atoms with Gasteiger partial charge in [-0.15, -0.1) is 0 Å². The van der Waals surface area contributed by atoms with Crippen LogP contribution < -0.4 is 0 Å². The summed E-state index contributed by atoms with van der Waals surface area (Å²) in [5, 5.41) is 0. The van der Waals surface area contributed by atoms with E-state index in [2.05, 4.69) is 51.1 Å². The van der Waals surface area contributed by atoms with E-state index in [1.807, 2.05) is 0 Å². The van der Waals surface area contributed by atoms with Crippen molar-refractivity contribution in [1.82, 2.24) is 0 Å². The maximum atomic E-state index is 2.26. The molecule has 0 saturated heterocycles. The van der Waals surface area contributed by atoms with E-state index < -0.39 is 0 Å². The summed E-state index contributed by atoms with van der Waals surface area (Å²) >= 11 is 0. The fraction of sp³-hybridized carbons (Fsp3) is 0.385. The zero-order valence-electron chi connectivity index (χ0n) is 8.80. The molecule has 0 heteroatoms. The van der Waals surface area contributed by atoms with Gasteiger partial charge in [0.05, 0.1) is 0 Å².